The van der Waals surface area contributed by atoms with Crippen LogP contribution in [0.1, 0.15) is 5.56 Å². The van der Waals surface area contributed by atoms with Crippen molar-refractivity contribution in [1.29, 1.82) is 0 Å². The van der Waals surface area contributed by atoms with E-state index in [4.69, 9.17) is 4.74 Å². The summed E-state index contributed by atoms with van der Waals surface area (Å²) >= 11 is 0. The Hall–Kier alpha value is -2.23. The summed E-state index contributed by atoms with van der Waals surface area (Å²) in [5, 5.41) is 0. The van der Waals surface area contributed by atoms with Crippen molar-refractivity contribution in [3.8, 4) is 5.88 Å². The van der Waals surface area contributed by atoms with E-state index in [-0.39, 0.29) is 0 Å². The molecule has 4 heteroatoms. The van der Waals surface area contributed by atoms with Crippen LogP contribution in [0.5, 0.6) is 5.88 Å². The fourth-order valence-corrected chi connectivity index (χ4v) is 1.42. The molecule has 2 rings (SSSR count). The van der Waals surface area contributed by atoms with Crippen LogP contribution in [0.25, 0.3) is 17.1 Å². The molecule has 2 aromatic heterocycles. The summed E-state index contributed by atoms with van der Waals surface area (Å²) in [6, 6.07) is 5.39. The number of aldehydes is 1. The van der Waals surface area contributed by atoms with Gasteiger partial charge in [0.2, 0.25) is 5.88 Å². The smallest absolute Gasteiger partial charge is 0.213 e. The molecule has 0 atom stereocenters. The number of fused-ring (bicyclic) bond motifs is 1. The van der Waals surface area contributed by atoms with Gasteiger partial charge in [-0.05, 0) is 24.3 Å². The average molecular weight is 214 g/mol. The maximum atomic E-state index is 10.3. The minimum absolute atomic E-state index is 0.529. The Balaban J connectivity index is 2.63. The summed E-state index contributed by atoms with van der Waals surface area (Å²) in [5.74, 6) is 0.529. The fraction of sp³-hybridized carbons (Fsp3) is 0.0833. The van der Waals surface area contributed by atoms with Crippen LogP contribution in [-0.2, 0) is 4.79 Å². The third-order valence-corrected chi connectivity index (χ3v) is 2.15. The van der Waals surface area contributed by atoms with E-state index in [0.29, 0.717) is 5.88 Å². The quantitative estimate of drug-likeness (QED) is 0.578. The Morgan fingerprint density at radius 2 is 2.19 bits per heavy atom. The molecule has 0 saturated carbocycles. The lowest BCUT2D eigenvalue weighted by atomic mass is 10.2. The van der Waals surface area contributed by atoms with Gasteiger partial charge in [0.05, 0.1) is 18.1 Å². The summed E-state index contributed by atoms with van der Waals surface area (Å²) in [4.78, 5) is 18.8. The molecule has 16 heavy (non-hydrogen) atoms. The highest BCUT2D eigenvalue weighted by atomic mass is 16.5. The Bertz CT molecular complexity index is 550. The first kappa shape index (κ1) is 10.3. The normalized spacial score (nSPS) is 10.8. The van der Waals surface area contributed by atoms with E-state index in [1.807, 2.05) is 6.07 Å². The number of hydrogen-bond donors (Lipinski definition) is 0. The molecule has 0 aliphatic heterocycles. The second-order valence-electron chi connectivity index (χ2n) is 3.12. The highest BCUT2D eigenvalue weighted by molar-refractivity contribution is 5.87. The molecular formula is C12H10N2O2. The van der Waals surface area contributed by atoms with Gasteiger partial charge in [0.15, 0.2) is 0 Å². The molecule has 0 bridgehead atoms. The number of carbonyl (C=O) groups is 1. The van der Waals surface area contributed by atoms with Crippen molar-refractivity contribution in [2.24, 2.45) is 0 Å². The van der Waals surface area contributed by atoms with Crippen molar-refractivity contribution in [3.05, 3.63) is 36.0 Å². The first-order valence-corrected chi connectivity index (χ1v) is 4.77. The summed E-state index contributed by atoms with van der Waals surface area (Å²) in [7, 11) is 1.56. The van der Waals surface area contributed by atoms with E-state index < -0.39 is 0 Å². The van der Waals surface area contributed by atoms with Gasteiger partial charge in [0.1, 0.15) is 6.29 Å². The summed E-state index contributed by atoms with van der Waals surface area (Å²) in [5.41, 5.74) is 2.34. The van der Waals surface area contributed by atoms with E-state index in [9.17, 15) is 4.79 Å². The predicted molar refractivity (Wildman–Crippen MR) is 61.2 cm³/mol. The summed E-state index contributed by atoms with van der Waals surface area (Å²) in [6.07, 6.45) is 5.53. The number of pyridine rings is 2. The molecule has 0 radical (unpaired) electrons. The molecule has 0 spiro atoms. The highest BCUT2D eigenvalue weighted by Gasteiger charge is 2.02. The Morgan fingerprint density at radius 3 is 2.94 bits per heavy atom. The molecule has 0 aliphatic rings. The molecule has 80 valence electrons. The van der Waals surface area contributed by atoms with Crippen molar-refractivity contribution in [1.82, 2.24) is 9.97 Å². The number of rotatable bonds is 3. The lowest BCUT2D eigenvalue weighted by Gasteiger charge is -2.03. The molecule has 0 aromatic carbocycles. The third-order valence-electron chi connectivity index (χ3n) is 2.15. The first-order chi connectivity index (χ1) is 7.85. The van der Waals surface area contributed by atoms with Crippen LogP contribution in [-0.4, -0.2) is 23.4 Å². The van der Waals surface area contributed by atoms with E-state index >= 15 is 0 Å². The number of nitrogens with zero attached hydrogens (tertiary/aromatic N) is 2. The number of allylic oxidation sites excluding steroid dienone is 1. The van der Waals surface area contributed by atoms with Gasteiger partial charge in [-0.25, -0.2) is 4.98 Å². The van der Waals surface area contributed by atoms with Crippen LogP contribution < -0.4 is 4.74 Å². The SMILES string of the molecule is COc1ccc2nccc(/C=C/C=O)c2n1. The van der Waals surface area contributed by atoms with Crippen LogP contribution in [0, 0.1) is 0 Å². The van der Waals surface area contributed by atoms with E-state index in [0.717, 1.165) is 22.9 Å². The fourth-order valence-electron chi connectivity index (χ4n) is 1.42. The van der Waals surface area contributed by atoms with Crippen LogP contribution in [0.15, 0.2) is 30.5 Å². The van der Waals surface area contributed by atoms with Crippen LogP contribution >= 0.6 is 0 Å². The van der Waals surface area contributed by atoms with Crippen LogP contribution in [0.4, 0.5) is 0 Å². The lowest BCUT2D eigenvalue weighted by molar-refractivity contribution is -0.104. The molecule has 0 amide bonds. The standard InChI is InChI=1S/C12H10N2O2/c1-16-11-5-4-10-12(14-11)9(3-2-8-15)6-7-13-10/h2-8H,1H3/b3-2+. The van der Waals surface area contributed by atoms with Crippen LogP contribution in [0.2, 0.25) is 0 Å². The number of methoxy groups -OCH3 is 1. The van der Waals surface area contributed by atoms with Gasteiger partial charge < -0.3 is 4.74 Å². The van der Waals surface area contributed by atoms with Gasteiger partial charge in [-0.2, -0.15) is 0 Å². The topological polar surface area (TPSA) is 52.1 Å². The van der Waals surface area contributed by atoms with Gasteiger partial charge >= 0.3 is 0 Å². The maximum Gasteiger partial charge on any atom is 0.213 e. The second-order valence-corrected chi connectivity index (χ2v) is 3.12. The highest BCUT2D eigenvalue weighted by Crippen LogP contribution is 2.18. The van der Waals surface area contributed by atoms with Gasteiger partial charge in [-0.3, -0.25) is 9.78 Å². The van der Waals surface area contributed by atoms with Crippen molar-refractivity contribution < 1.29 is 9.53 Å². The average Bonchev–Trinajstić information content (AvgIpc) is 2.35. The zero-order valence-electron chi connectivity index (χ0n) is 8.75. The Labute approximate surface area is 92.6 Å². The molecular weight excluding hydrogens is 204 g/mol. The number of ether oxygens (including phenoxy) is 1. The molecule has 2 heterocycles. The zero-order chi connectivity index (χ0) is 11.4. The molecule has 0 N–H and O–H groups in total. The molecule has 0 fully saturated rings. The molecule has 0 unspecified atom stereocenters. The maximum absolute atomic E-state index is 10.3. The van der Waals surface area contributed by atoms with Crippen molar-refractivity contribution in [2.45, 2.75) is 0 Å². The first-order valence-electron chi connectivity index (χ1n) is 4.77. The minimum atomic E-state index is 0.529. The predicted octanol–water partition coefficient (Wildman–Crippen LogP) is 1.85. The summed E-state index contributed by atoms with van der Waals surface area (Å²) in [6.45, 7) is 0. The van der Waals surface area contributed by atoms with E-state index in [1.54, 1.807) is 31.5 Å². The van der Waals surface area contributed by atoms with Crippen LogP contribution in [0.3, 0.4) is 0 Å². The Morgan fingerprint density at radius 1 is 1.31 bits per heavy atom. The van der Waals surface area contributed by atoms with E-state index in [1.165, 1.54) is 6.08 Å². The largest absolute Gasteiger partial charge is 0.481 e. The second kappa shape index (κ2) is 4.53. The van der Waals surface area contributed by atoms with Crippen molar-refractivity contribution in [3.63, 3.8) is 0 Å². The van der Waals surface area contributed by atoms with Crippen molar-refractivity contribution >= 4 is 23.4 Å². The number of carbonyl (C=O) groups excluding carboxylic acids is 1. The van der Waals surface area contributed by atoms with Gasteiger partial charge in [0, 0.05) is 17.8 Å². The lowest BCUT2D eigenvalue weighted by Crippen LogP contribution is -1.91. The Kier molecular flexibility index (Phi) is 2.91. The van der Waals surface area contributed by atoms with Crippen molar-refractivity contribution in [2.75, 3.05) is 7.11 Å². The van der Waals surface area contributed by atoms with Gasteiger partial charge in [0.25, 0.3) is 0 Å². The third kappa shape index (κ3) is 1.91. The van der Waals surface area contributed by atoms with Gasteiger partial charge in [-0.15, -0.1) is 0 Å². The molecule has 0 aliphatic carbocycles. The zero-order valence-corrected chi connectivity index (χ0v) is 8.75. The number of hydrogen-bond acceptors (Lipinski definition) is 4. The monoisotopic (exact) mass is 214 g/mol. The summed E-state index contributed by atoms with van der Waals surface area (Å²) < 4.78 is 5.05. The van der Waals surface area contributed by atoms with Gasteiger partial charge in [-0.1, -0.05) is 0 Å². The molecule has 0 saturated heterocycles. The number of aromatic nitrogens is 2. The molecule has 4 nitrogen and oxygen atoms in total. The van der Waals surface area contributed by atoms with E-state index in [2.05, 4.69) is 9.97 Å². The molecule has 2 aromatic rings. The minimum Gasteiger partial charge on any atom is -0.481 e.